The van der Waals surface area contributed by atoms with Crippen molar-refractivity contribution < 1.29 is 23.8 Å². The highest BCUT2D eigenvalue weighted by molar-refractivity contribution is 5.99. The minimum Gasteiger partial charge on any atom is -0.493 e. The van der Waals surface area contributed by atoms with Crippen molar-refractivity contribution in [1.29, 1.82) is 0 Å². The van der Waals surface area contributed by atoms with E-state index in [-0.39, 0.29) is 5.91 Å². The molecule has 150 valence electrons. The molecule has 2 rings (SSSR count). The number of amides is 1. The number of benzene rings is 1. The zero-order chi connectivity index (χ0) is 19.9. The van der Waals surface area contributed by atoms with Gasteiger partial charge in [-0.15, -0.1) is 0 Å². The molecule has 2 atom stereocenters. The zero-order valence-corrected chi connectivity index (χ0v) is 16.8. The third-order valence-corrected chi connectivity index (χ3v) is 4.89. The highest BCUT2D eigenvalue weighted by atomic mass is 16.5. The summed E-state index contributed by atoms with van der Waals surface area (Å²) in [6.07, 6.45) is 4.31. The molecule has 27 heavy (non-hydrogen) atoms. The Hall–Kier alpha value is -2.08. The first kappa shape index (κ1) is 21.2. The van der Waals surface area contributed by atoms with Gasteiger partial charge in [0, 0.05) is 12.3 Å². The summed E-state index contributed by atoms with van der Waals surface area (Å²) in [4.78, 5) is 25.2. The van der Waals surface area contributed by atoms with E-state index in [9.17, 15) is 9.59 Å². The third-order valence-electron chi connectivity index (χ3n) is 4.89. The van der Waals surface area contributed by atoms with Crippen LogP contribution in [0.3, 0.4) is 0 Å². The second-order valence-corrected chi connectivity index (χ2v) is 7.13. The predicted octanol–water partition coefficient (Wildman–Crippen LogP) is 4.19. The second-order valence-electron chi connectivity index (χ2n) is 7.13. The number of esters is 1. The Bertz CT molecular complexity index is 656. The summed E-state index contributed by atoms with van der Waals surface area (Å²) in [5, 5.41) is 2.93. The van der Waals surface area contributed by atoms with Crippen molar-refractivity contribution in [3.8, 4) is 5.75 Å². The molecule has 6 nitrogen and oxygen atoms in total. The van der Waals surface area contributed by atoms with Crippen molar-refractivity contribution in [2.75, 3.05) is 25.6 Å². The van der Waals surface area contributed by atoms with Crippen LogP contribution in [0.5, 0.6) is 5.75 Å². The number of rotatable bonds is 8. The van der Waals surface area contributed by atoms with Crippen molar-refractivity contribution in [3.63, 3.8) is 0 Å². The Kier molecular flexibility index (Phi) is 7.66. The second kappa shape index (κ2) is 9.74. The van der Waals surface area contributed by atoms with Crippen LogP contribution in [-0.2, 0) is 14.3 Å². The van der Waals surface area contributed by atoms with Gasteiger partial charge in [0.15, 0.2) is 0 Å². The lowest BCUT2D eigenvalue weighted by atomic mass is 9.78. The van der Waals surface area contributed by atoms with Crippen LogP contribution >= 0.6 is 0 Å². The zero-order valence-electron chi connectivity index (χ0n) is 16.8. The van der Waals surface area contributed by atoms with Crippen LogP contribution in [0.4, 0.5) is 5.69 Å². The number of hydrogen-bond donors (Lipinski definition) is 1. The Labute approximate surface area is 161 Å². The molecule has 0 bridgehead atoms. The fourth-order valence-corrected chi connectivity index (χ4v) is 3.64. The Morgan fingerprint density at radius 1 is 1.30 bits per heavy atom. The number of carbonyl (C=O) groups excluding carboxylic acids is 2. The maximum absolute atomic E-state index is 13.0. The van der Waals surface area contributed by atoms with Crippen molar-refractivity contribution in [2.24, 2.45) is 5.92 Å². The van der Waals surface area contributed by atoms with Gasteiger partial charge >= 0.3 is 5.97 Å². The summed E-state index contributed by atoms with van der Waals surface area (Å²) < 4.78 is 16.4. The van der Waals surface area contributed by atoms with Crippen LogP contribution in [0.1, 0.15) is 63.2 Å². The first-order chi connectivity index (χ1) is 13.0. The summed E-state index contributed by atoms with van der Waals surface area (Å²) in [5.74, 6) is 0.232. The monoisotopic (exact) mass is 377 g/mol. The van der Waals surface area contributed by atoms with Gasteiger partial charge in [0.25, 0.3) is 5.91 Å². The molecule has 1 aromatic carbocycles. The lowest BCUT2D eigenvalue weighted by Gasteiger charge is -2.38. The van der Waals surface area contributed by atoms with Crippen molar-refractivity contribution >= 4 is 17.6 Å². The van der Waals surface area contributed by atoms with Crippen LogP contribution in [-0.4, -0.2) is 37.8 Å². The first-order valence-electron chi connectivity index (χ1n) is 9.76. The number of nitrogens with one attached hydrogen (secondary N) is 1. The molecule has 1 aliphatic rings. The molecule has 1 amide bonds. The van der Waals surface area contributed by atoms with Gasteiger partial charge in [0.2, 0.25) is 0 Å². The standard InChI is InChI=1S/C21H31NO5/c1-5-12-26-18-10-9-16(13-17(18)19(23)25-4)22-20(24)21(27-6-2)11-7-8-15(3)14-21/h9-10,13,15H,5-8,11-12,14H2,1-4H3,(H,22,24). The largest absolute Gasteiger partial charge is 0.493 e. The SMILES string of the molecule is CCCOc1ccc(NC(=O)C2(OCC)CCCC(C)C2)cc1C(=O)OC. The Balaban J connectivity index is 2.24. The van der Waals surface area contributed by atoms with E-state index in [0.717, 1.165) is 19.3 Å². The van der Waals surface area contributed by atoms with Gasteiger partial charge in [-0.2, -0.15) is 0 Å². The lowest BCUT2D eigenvalue weighted by Crippen LogP contribution is -2.48. The molecule has 0 aromatic heterocycles. The van der Waals surface area contributed by atoms with Gasteiger partial charge in [-0.25, -0.2) is 4.79 Å². The predicted molar refractivity (Wildman–Crippen MR) is 104 cm³/mol. The van der Waals surface area contributed by atoms with E-state index in [1.807, 2.05) is 13.8 Å². The average molecular weight is 377 g/mol. The minimum absolute atomic E-state index is 0.158. The molecule has 0 heterocycles. The van der Waals surface area contributed by atoms with Crippen LogP contribution < -0.4 is 10.1 Å². The quantitative estimate of drug-likeness (QED) is 0.688. The number of hydrogen-bond acceptors (Lipinski definition) is 5. The van der Waals surface area contributed by atoms with Crippen LogP contribution in [0, 0.1) is 5.92 Å². The van der Waals surface area contributed by atoms with Gasteiger partial charge < -0.3 is 19.5 Å². The Morgan fingerprint density at radius 2 is 2.07 bits per heavy atom. The molecule has 0 saturated heterocycles. The molecule has 1 fully saturated rings. The third kappa shape index (κ3) is 5.22. The molecular weight excluding hydrogens is 346 g/mol. The lowest BCUT2D eigenvalue weighted by molar-refractivity contribution is -0.147. The molecule has 0 aliphatic heterocycles. The number of methoxy groups -OCH3 is 1. The number of ether oxygens (including phenoxy) is 3. The summed E-state index contributed by atoms with van der Waals surface area (Å²) in [7, 11) is 1.32. The molecule has 1 aliphatic carbocycles. The highest BCUT2D eigenvalue weighted by Crippen LogP contribution is 2.36. The molecule has 0 spiro atoms. The molecule has 1 N–H and O–H groups in total. The molecule has 1 saturated carbocycles. The highest BCUT2D eigenvalue weighted by Gasteiger charge is 2.42. The number of carbonyl (C=O) groups is 2. The van der Waals surface area contributed by atoms with Crippen LogP contribution in [0.25, 0.3) is 0 Å². The van der Waals surface area contributed by atoms with Gasteiger partial charge in [-0.1, -0.05) is 20.3 Å². The summed E-state index contributed by atoms with van der Waals surface area (Å²) in [5.41, 5.74) is 0.0164. The van der Waals surface area contributed by atoms with E-state index >= 15 is 0 Å². The fourth-order valence-electron chi connectivity index (χ4n) is 3.64. The van der Waals surface area contributed by atoms with E-state index in [0.29, 0.717) is 49.0 Å². The van der Waals surface area contributed by atoms with E-state index < -0.39 is 11.6 Å². The van der Waals surface area contributed by atoms with Gasteiger partial charge in [-0.05, 0) is 56.7 Å². The molecule has 2 unspecified atom stereocenters. The summed E-state index contributed by atoms with van der Waals surface area (Å²) >= 11 is 0. The summed E-state index contributed by atoms with van der Waals surface area (Å²) in [6, 6.07) is 5.02. The van der Waals surface area contributed by atoms with Gasteiger partial charge in [-0.3, -0.25) is 4.79 Å². The van der Waals surface area contributed by atoms with Crippen molar-refractivity contribution in [1.82, 2.24) is 0 Å². The number of anilines is 1. The molecule has 6 heteroatoms. The van der Waals surface area contributed by atoms with Crippen LogP contribution in [0.15, 0.2) is 18.2 Å². The minimum atomic E-state index is -0.810. The average Bonchev–Trinajstić information content (AvgIpc) is 2.66. The van der Waals surface area contributed by atoms with E-state index in [1.165, 1.54) is 7.11 Å². The van der Waals surface area contributed by atoms with Crippen molar-refractivity contribution in [3.05, 3.63) is 23.8 Å². The van der Waals surface area contributed by atoms with Gasteiger partial charge in [0.05, 0.1) is 13.7 Å². The Morgan fingerprint density at radius 3 is 2.70 bits per heavy atom. The van der Waals surface area contributed by atoms with Crippen LogP contribution in [0.2, 0.25) is 0 Å². The van der Waals surface area contributed by atoms with Gasteiger partial charge in [0.1, 0.15) is 16.9 Å². The molecular formula is C21H31NO5. The maximum atomic E-state index is 13.0. The molecule has 0 radical (unpaired) electrons. The maximum Gasteiger partial charge on any atom is 0.341 e. The van der Waals surface area contributed by atoms with E-state index in [1.54, 1.807) is 18.2 Å². The fraction of sp³-hybridized carbons (Fsp3) is 0.619. The molecule has 1 aromatic rings. The van der Waals surface area contributed by atoms with E-state index in [4.69, 9.17) is 14.2 Å². The first-order valence-corrected chi connectivity index (χ1v) is 9.76. The summed E-state index contributed by atoms with van der Waals surface area (Å²) in [6.45, 7) is 7.03. The van der Waals surface area contributed by atoms with Crippen molar-refractivity contribution in [2.45, 2.75) is 58.5 Å². The topological polar surface area (TPSA) is 73.9 Å². The normalized spacial score (nSPS) is 22.1. The smallest absolute Gasteiger partial charge is 0.341 e. The van der Waals surface area contributed by atoms with E-state index in [2.05, 4.69) is 12.2 Å².